The summed E-state index contributed by atoms with van der Waals surface area (Å²) in [5.41, 5.74) is 1.45. The van der Waals surface area contributed by atoms with E-state index in [2.05, 4.69) is 5.32 Å². The lowest BCUT2D eigenvalue weighted by atomic mass is 10.1. The van der Waals surface area contributed by atoms with Crippen molar-refractivity contribution < 1.29 is 17.9 Å². The van der Waals surface area contributed by atoms with Crippen LogP contribution in [0.15, 0.2) is 59.6 Å². The van der Waals surface area contributed by atoms with E-state index < -0.39 is 9.84 Å². The number of hydrogen-bond acceptors (Lipinski definition) is 4. The summed E-state index contributed by atoms with van der Waals surface area (Å²) >= 11 is 0. The maximum atomic E-state index is 12.3. The maximum absolute atomic E-state index is 12.3. The van der Waals surface area contributed by atoms with Crippen LogP contribution in [-0.2, 0) is 16.9 Å². The van der Waals surface area contributed by atoms with Gasteiger partial charge >= 0.3 is 0 Å². The number of ether oxygens (including phenoxy) is 1. The van der Waals surface area contributed by atoms with Crippen molar-refractivity contribution in [3.05, 3.63) is 60.3 Å². The van der Waals surface area contributed by atoms with Gasteiger partial charge in [0.2, 0.25) is 0 Å². The van der Waals surface area contributed by atoms with Gasteiger partial charge in [0.15, 0.2) is 9.84 Å². The summed E-state index contributed by atoms with van der Waals surface area (Å²) < 4.78 is 31.6. The lowest BCUT2D eigenvalue weighted by Gasteiger charge is -2.08. The first-order valence-corrected chi connectivity index (χ1v) is 9.76. The minimum Gasteiger partial charge on any atom is -0.497 e. The highest BCUT2D eigenvalue weighted by atomic mass is 32.2. The number of carbonyl (C=O) groups excluding carboxylic acids is 1. The number of sulfone groups is 1. The number of carbonyl (C=O) groups is 1. The Balaban J connectivity index is 1.63. The van der Waals surface area contributed by atoms with Gasteiger partial charge in [-0.25, -0.2) is 8.42 Å². The van der Waals surface area contributed by atoms with E-state index in [9.17, 15) is 13.2 Å². The molecule has 3 rings (SSSR count). The van der Waals surface area contributed by atoms with E-state index in [1.807, 2.05) is 29.9 Å². The number of benzene rings is 2. The zero-order valence-electron chi connectivity index (χ0n) is 14.6. The van der Waals surface area contributed by atoms with Crippen molar-refractivity contribution in [1.82, 2.24) is 9.88 Å². The van der Waals surface area contributed by atoms with Crippen LogP contribution in [0, 0.1) is 0 Å². The van der Waals surface area contributed by atoms with Crippen molar-refractivity contribution in [2.45, 2.75) is 4.90 Å². The molecule has 0 radical (unpaired) electrons. The van der Waals surface area contributed by atoms with Gasteiger partial charge in [-0.1, -0.05) is 6.07 Å². The topological polar surface area (TPSA) is 77.4 Å². The summed E-state index contributed by atoms with van der Waals surface area (Å²) in [5, 5.41) is 3.72. The van der Waals surface area contributed by atoms with Gasteiger partial charge in [-0.2, -0.15) is 0 Å². The molecule has 26 heavy (non-hydrogen) atoms. The Morgan fingerprint density at radius 1 is 1.12 bits per heavy atom. The third-order valence-corrected chi connectivity index (χ3v) is 5.96. The van der Waals surface area contributed by atoms with Crippen LogP contribution in [0.25, 0.3) is 10.9 Å². The normalized spacial score (nSPS) is 11.5. The fraction of sp³-hybridized carbons (Fsp3) is 0.211. The molecule has 1 aromatic heterocycles. The van der Waals surface area contributed by atoms with Crippen LogP contribution >= 0.6 is 0 Å². The smallest absolute Gasteiger partial charge is 0.251 e. The molecule has 136 valence electrons. The van der Waals surface area contributed by atoms with Crippen molar-refractivity contribution in [1.29, 1.82) is 0 Å². The highest BCUT2D eigenvalue weighted by Gasteiger charge is 2.15. The van der Waals surface area contributed by atoms with Gasteiger partial charge in [-0.05, 0) is 47.9 Å². The highest BCUT2D eigenvalue weighted by molar-refractivity contribution is 7.91. The van der Waals surface area contributed by atoms with Crippen molar-refractivity contribution in [3.63, 3.8) is 0 Å². The Labute approximate surface area is 152 Å². The van der Waals surface area contributed by atoms with Gasteiger partial charge in [0.1, 0.15) is 5.75 Å². The summed E-state index contributed by atoms with van der Waals surface area (Å²) in [6, 6.07) is 13.6. The Morgan fingerprint density at radius 2 is 1.85 bits per heavy atom. The van der Waals surface area contributed by atoms with Crippen LogP contribution in [0.5, 0.6) is 5.75 Å². The SMILES string of the molecule is COc1ccc(S(=O)(=O)CCNC(=O)c2ccc3ccn(C)c3c2)cc1. The molecule has 1 N–H and O–H groups in total. The van der Waals surface area contributed by atoms with E-state index in [1.54, 1.807) is 24.3 Å². The van der Waals surface area contributed by atoms with Gasteiger partial charge in [-0.3, -0.25) is 4.79 Å². The Morgan fingerprint density at radius 3 is 2.54 bits per heavy atom. The average Bonchev–Trinajstić information content (AvgIpc) is 3.02. The van der Waals surface area contributed by atoms with Crippen LogP contribution in [-0.4, -0.2) is 38.3 Å². The number of nitrogens with zero attached hydrogens (tertiary/aromatic N) is 1. The molecular weight excluding hydrogens is 352 g/mol. The number of aromatic nitrogens is 1. The molecule has 0 saturated heterocycles. The van der Waals surface area contributed by atoms with Gasteiger partial charge in [-0.15, -0.1) is 0 Å². The second-order valence-corrected chi connectivity index (χ2v) is 8.06. The number of rotatable bonds is 6. The van der Waals surface area contributed by atoms with E-state index in [4.69, 9.17) is 4.74 Å². The van der Waals surface area contributed by atoms with Gasteiger partial charge in [0, 0.05) is 30.9 Å². The standard InChI is InChI=1S/C19H20N2O4S/c1-21-11-9-14-3-4-15(13-18(14)21)19(22)20-10-12-26(23,24)17-7-5-16(25-2)6-8-17/h3-9,11,13H,10,12H2,1-2H3,(H,20,22). The third kappa shape index (κ3) is 3.72. The summed E-state index contributed by atoms with van der Waals surface area (Å²) in [6.45, 7) is 0.0400. The molecule has 0 unspecified atom stereocenters. The van der Waals surface area contributed by atoms with Crippen molar-refractivity contribution in [2.75, 3.05) is 19.4 Å². The predicted octanol–water partition coefficient (Wildman–Crippen LogP) is 2.39. The van der Waals surface area contributed by atoms with Crippen molar-refractivity contribution >= 4 is 26.6 Å². The molecule has 0 aliphatic rings. The number of nitrogens with one attached hydrogen (secondary N) is 1. The Kier molecular flexibility index (Phi) is 4.99. The van der Waals surface area contributed by atoms with E-state index in [1.165, 1.54) is 19.2 Å². The molecule has 0 aliphatic carbocycles. The predicted molar refractivity (Wildman–Crippen MR) is 100 cm³/mol. The zero-order valence-corrected chi connectivity index (χ0v) is 15.4. The van der Waals surface area contributed by atoms with Crippen LogP contribution in [0.2, 0.25) is 0 Å². The molecule has 0 spiro atoms. The van der Waals surface area contributed by atoms with E-state index in [-0.39, 0.29) is 23.1 Å². The van der Waals surface area contributed by atoms with Crippen LogP contribution in [0.4, 0.5) is 0 Å². The molecule has 0 bridgehead atoms. The quantitative estimate of drug-likeness (QED) is 0.721. The summed E-state index contributed by atoms with van der Waals surface area (Å²) in [6.07, 6.45) is 1.92. The molecule has 0 saturated carbocycles. The van der Waals surface area contributed by atoms with Crippen molar-refractivity contribution in [3.8, 4) is 5.75 Å². The molecule has 7 heteroatoms. The van der Waals surface area contributed by atoms with E-state index in [0.29, 0.717) is 11.3 Å². The second kappa shape index (κ2) is 7.21. The van der Waals surface area contributed by atoms with E-state index >= 15 is 0 Å². The number of fused-ring (bicyclic) bond motifs is 1. The van der Waals surface area contributed by atoms with Gasteiger partial charge in [0.25, 0.3) is 5.91 Å². The number of aryl methyl sites for hydroxylation is 1. The van der Waals surface area contributed by atoms with Gasteiger partial charge in [0.05, 0.1) is 17.8 Å². The van der Waals surface area contributed by atoms with Gasteiger partial charge < -0.3 is 14.6 Å². The molecule has 6 nitrogen and oxygen atoms in total. The monoisotopic (exact) mass is 372 g/mol. The molecular formula is C19H20N2O4S. The number of amides is 1. The molecule has 0 atom stereocenters. The third-order valence-electron chi connectivity index (χ3n) is 4.23. The Hall–Kier alpha value is -2.80. The molecule has 3 aromatic rings. The zero-order chi connectivity index (χ0) is 18.7. The second-order valence-electron chi connectivity index (χ2n) is 5.95. The summed E-state index contributed by atoms with van der Waals surface area (Å²) in [4.78, 5) is 12.5. The van der Waals surface area contributed by atoms with Crippen LogP contribution in [0.3, 0.4) is 0 Å². The first-order valence-electron chi connectivity index (χ1n) is 8.11. The fourth-order valence-corrected chi connectivity index (χ4v) is 3.86. The van der Waals surface area contributed by atoms with E-state index in [0.717, 1.165) is 10.9 Å². The average molecular weight is 372 g/mol. The molecule has 0 fully saturated rings. The van der Waals surface area contributed by atoms with Crippen molar-refractivity contribution in [2.24, 2.45) is 7.05 Å². The first kappa shape index (κ1) is 18.0. The summed E-state index contributed by atoms with van der Waals surface area (Å²) in [7, 11) is -0.0421. The molecule has 0 aliphatic heterocycles. The van der Waals surface area contributed by atoms with Crippen LogP contribution in [0.1, 0.15) is 10.4 Å². The number of methoxy groups -OCH3 is 1. The minimum absolute atomic E-state index is 0.0400. The highest BCUT2D eigenvalue weighted by Crippen LogP contribution is 2.18. The lowest BCUT2D eigenvalue weighted by molar-refractivity contribution is 0.0956. The lowest BCUT2D eigenvalue weighted by Crippen LogP contribution is -2.29. The summed E-state index contributed by atoms with van der Waals surface area (Å²) in [5.74, 6) is 0.128. The maximum Gasteiger partial charge on any atom is 0.251 e. The Bertz CT molecular complexity index is 1040. The van der Waals surface area contributed by atoms with Crippen LogP contribution < -0.4 is 10.1 Å². The number of hydrogen-bond donors (Lipinski definition) is 1. The molecule has 2 aromatic carbocycles. The fourth-order valence-electron chi connectivity index (χ4n) is 2.71. The first-order chi connectivity index (χ1) is 12.4. The molecule has 1 amide bonds. The minimum atomic E-state index is -3.47. The largest absolute Gasteiger partial charge is 0.497 e. The molecule has 1 heterocycles.